The molecule has 0 aliphatic rings. The van der Waals surface area contributed by atoms with Gasteiger partial charge in [0.15, 0.2) is 0 Å². The van der Waals surface area contributed by atoms with Crippen LogP contribution in [0, 0.1) is 0 Å². The molecule has 1 amide bonds. The average Bonchev–Trinajstić information content (AvgIpc) is 2.21. The molecule has 0 heterocycles. The Morgan fingerprint density at radius 1 is 1.50 bits per heavy atom. The highest BCUT2D eigenvalue weighted by molar-refractivity contribution is 5.99. The zero-order chi connectivity index (χ0) is 12.3. The Labute approximate surface area is 93.9 Å². The Bertz CT molecular complexity index is 402. The first kappa shape index (κ1) is 12.3. The number of hydrogen-bond acceptors (Lipinski definition) is 4. The van der Waals surface area contributed by atoms with Gasteiger partial charge in [-0.15, -0.1) is 0 Å². The van der Waals surface area contributed by atoms with Gasteiger partial charge < -0.3 is 21.3 Å². The summed E-state index contributed by atoms with van der Waals surface area (Å²) in [6.45, 7) is 3.19. The summed E-state index contributed by atoms with van der Waals surface area (Å²) in [7, 11) is 0. The largest absolute Gasteiger partial charge is 0.508 e. The van der Waals surface area contributed by atoms with Crippen molar-refractivity contribution < 1.29 is 15.0 Å². The third kappa shape index (κ3) is 2.87. The summed E-state index contributed by atoms with van der Waals surface area (Å²) in [6, 6.07) is 4.15. The molecular formula is C11H16N2O3. The van der Waals surface area contributed by atoms with Gasteiger partial charge in [-0.2, -0.15) is 0 Å². The van der Waals surface area contributed by atoms with Gasteiger partial charge in [-0.3, -0.25) is 4.79 Å². The van der Waals surface area contributed by atoms with Crippen molar-refractivity contribution in [3.8, 4) is 5.75 Å². The lowest BCUT2D eigenvalue weighted by molar-refractivity contribution is 0.0870. The van der Waals surface area contributed by atoms with Gasteiger partial charge in [0, 0.05) is 5.69 Å². The number of aromatic hydroxyl groups is 1. The smallest absolute Gasteiger partial charge is 0.253 e. The number of rotatable bonds is 3. The number of amides is 1. The van der Waals surface area contributed by atoms with Crippen LogP contribution >= 0.6 is 0 Å². The molecule has 1 aromatic rings. The molecule has 5 nitrogen and oxygen atoms in total. The zero-order valence-corrected chi connectivity index (χ0v) is 9.32. The van der Waals surface area contributed by atoms with Crippen LogP contribution in [0.1, 0.15) is 24.2 Å². The molecule has 88 valence electrons. The Balaban J connectivity index is 2.93. The second kappa shape index (κ2) is 4.40. The summed E-state index contributed by atoms with van der Waals surface area (Å²) in [5, 5.41) is 20.9. The highest BCUT2D eigenvalue weighted by Crippen LogP contribution is 2.19. The first-order valence-corrected chi connectivity index (χ1v) is 4.87. The lowest BCUT2D eigenvalue weighted by Crippen LogP contribution is -2.46. The number of phenols is 1. The molecule has 0 atom stereocenters. The van der Waals surface area contributed by atoms with Gasteiger partial charge in [0.2, 0.25) is 0 Å². The van der Waals surface area contributed by atoms with Crippen molar-refractivity contribution in [2.24, 2.45) is 0 Å². The van der Waals surface area contributed by atoms with E-state index >= 15 is 0 Å². The van der Waals surface area contributed by atoms with E-state index in [0.717, 1.165) is 0 Å². The maximum atomic E-state index is 11.8. The topological polar surface area (TPSA) is 95.6 Å². The standard InChI is InChI=1S/C11H16N2O3/c1-11(2,6-14)13-10(16)8-5-7(15)3-4-9(8)12/h3-5,14-15H,6,12H2,1-2H3,(H,13,16). The molecule has 0 saturated heterocycles. The second-order valence-corrected chi connectivity index (χ2v) is 4.27. The number of phenolic OH excluding ortho intramolecular Hbond substituents is 1. The highest BCUT2D eigenvalue weighted by atomic mass is 16.3. The molecule has 1 rings (SSSR count). The summed E-state index contributed by atoms with van der Waals surface area (Å²) in [6.07, 6.45) is 0. The van der Waals surface area contributed by atoms with Gasteiger partial charge >= 0.3 is 0 Å². The van der Waals surface area contributed by atoms with Crippen LogP contribution in [0.4, 0.5) is 5.69 Å². The minimum absolute atomic E-state index is 0.0267. The number of anilines is 1. The molecule has 0 radical (unpaired) electrons. The van der Waals surface area contributed by atoms with Crippen molar-refractivity contribution in [2.45, 2.75) is 19.4 Å². The predicted molar refractivity (Wildman–Crippen MR) is 61.2 cm³/mol. The van der Waals surface area contributed by atoms with E-state index in [1.54, 1.807) is 13.8 Å². The highest BCUT2D eigenvalue weighted by Gasteiger charge is 2.21. The van der Waals surface area contributed by atoms with Crippen molar-refractivity contribution in [1.82, 2.24) is 5.32 Å². The molecule has 0 saturated carbocycles. The molecule has 0 unspecified atom stereocenters. The summed E-state index contributed by atoms with van der Waals surface area (Å²) in [4.78, 5) is 11.8. The number of benzene rings is 1. The van der Waals surface area contributed by atoms with Gasteiger partial charge in [0.1, 0.15) is 5.75 Å². The number of aliphatic hydroxyl groups is 1. The lowest BCUT2D eigenvalue weighted by atomic mass is 10.1. The van der Waals surface area contributed by atoms with Crippen LogP contribution in [0.3, 0.4) is 0 Å². The normalized spacial score (nSPS) is 11.2. The fourth-order valence-electron chi connectivity index (χ4n) is 1.16. The minimum atomic E-state index is -0.727. The molecular weight excluding hydrogens is 208 g/mol. The first-order chi connectivity index (χ1) is 7.35. The molecule has 0 aromatic heterocycles. The van der Waals surface area contributed by atoms with E-state index in [4.69, 9.17) is 10.8 Å². The molecule has 5 N–H and O–H groups in total. The van der Waals surface area contributed by atoms with Crippen LogP contribution in [0.25, 0.3) is 0 Å². The summed E-state index contributed by atoms with van der Waals surface area (Å²) < 4.78 is 0. The Morgan fingerprint density at radius 3 is 2.69 bits per heavy atom. The van der Waals surface area contributed by atoms with Crippen molar-refractivity contribution in [3.05, 3.63) is 23.8 Å². The van der Waals surface area contributed by atoms with Gasteiger partial charge in [-0.25, -0.2) is 0 Å². The Kier molecular flexibility index (Phi) is 3.39. The van der Waals surface area contributed by atoms with Gasteiger partial charge in [-0.05, 0) is 32.0 Å². The van der Waals surface area contributed by atoms with Crippen LogP contribution < -0.4 is 11.1 Å². The van der Waals surface area contributed by atoms with E-state index in [1.807, 2.05) is 0 Å². The molecule has 5 heteroatoms. The van der Waals surface area contributed by atoms with E-state index in [0.29, 0.717) is 0 Å². The predicted octanol–water partition coefficient (Wildman–Crippen LogP) is 0.475. The quantitative estimate of drug-likeness (QED) is 0.443. The SMILES string of the molecule is CC(C)(CO)NC(=O)c1cc(O)ccc1N. The van der Waals surface area contributed by atoms with Crippen molar-refractivity contribution in [2.75, 3.05) is 12.3 Å². The third-order valence-electron chi connectivity index (χ3n) is 2.13. The molecule has 0 spiro atoms. The summed E-state index contributed by atoms with van der Waals surface area (Å²) >= 11 is 0. The van der Waals surface area contributed by atoms with Crippen molar-refractivity contribution >= 4 is 11.6 Å². The summed E-state index contributed by atoms with van der Waals surface area (Å²) in [5.41, 5.74) is 5.37. The van der Waals surface area contributed by atoms with Crippen molar-refractivity contribution in [3.63, 3.8) is 0 Å². The average molecular weight is 224 g/mol. The van der Waals surface area contributed by atoms with E-state index in [9.17, 15) is 9.90 Å². The monoisotopic (exact) mass is 224 g/mol. The molecule has 0 bridgehead atoms. The first-order valence-electron chi connectivity index (χ1n) is 4.87. The number of nitrogens with two attached hydrogens (primary N) is 1. The van der Waals surface area contributed by atoms with Crippen molar-refractivity contribution in [1.29, 1.82) is 0 Å². The van der Waals surface area contributed by atoms with E-state index in [2.05, 4.69) is 5.32 Å². The number of nitrogens with one attached hydrogen (secondary N) is 1. The number of carbonyl (C=O) groups excluding carboxylic acids is 1. The van der Waals surface area contributed by atoms with Crippen LogP contribution in [-0.2, 0) is 0 Å². The Hall–Kier alpha value is -1.75. The van der Waals surface area contributed by atoms with Gasteiger partial charge in [0.25, 0.3) is 5.91 Å². The fraction of sp³-hybridized carbons (Fsp3) is 0.364. The minimum Gasteiger partial charge on any atom is -0.508 e. The number of aliphatic hydroxyl groups excluding tert-OH is 1. The van der Waals surface area contributed by atoms with Crippen LogP contribution in [-0.4, -0.2) is 28.3 Å². The van der Waals surface area contributed by atoms with Gasteiger partial charge in [0.05, 0.1) is 17.7 Å². The number of carbonyl (C=O) groups is 1. The maximum Gasteiger partial charge on any atom is 0.253 e. The third-order valence-corrected chi connectivity index (χ3v) is 2.13. The lowest BCUT2D eigenvalue weighted by Gasteiger charge is -2.23. The van der Waals surface area contributed by atoms with Crippen LogP contribution in [0.15, 0.2) is 18.2 Å². The maximum absolute atomic E-state index is 11.8. The van der Waals surface area contributed by atoms with Gasteiger partial charge in [-0.1, -0.05) is 0 Å². The van der Waals surface area contributed by atoms with E-state index in [-0.39, 0.29) is 23.6 Å². The summed E-state index contributed by atoms with van der Waals surface area (Å²) in [5.74, 6) is -0.450. The second-order valence-electron chi connectivity index (χ2n) is 4.27. The molecule has 0 fully saturated rings. The van der Waals surface area contributed by atoms with E-state index in [1.165, 1.54) is 18.2 Å². The molecule has 0 aliphatic carbocycles. The van der Waals surface area contributed by atoms with Crippen LogP contribution in [0.5, 0.6) is 5.75 Å². The molecule has 1 aromatic carbocycles. The molecule has 0 aliphatic heterocycles. The zero-order valence-electron chi connectivity index (χ0n) is 9.32. The fourth-order valence-corrected chi connectivity index (χ4v) is 1.16. The van der Waals surface area contributed by atoms with Crippen LogP contribution in [0.2, 0.25) is 0 Å². The number of hydrogen-bond donors (Lipinski definition) is 4. The van der Waals surface area contributed by atoms with E-state index < -0.39 is 11.4 Å². The molecule has 16 heavy (non-hydrogen) atoms. The Morgan fingerprint density at radius 2 is 2.12 bits per heavy atom. The number of nitrogen functional groups attached to an aromatic ring is 1.